The van der Waals surface area contributed by atoms with Gasteiger partial charge in [-0.05, 0) is 41.9 Å². The summed E-state index contributed by atoms with van der Waals surface area (Å²) in [6.07, 6.45) is 0.687. The van der Waals surface area contributed by atoms with Gasteiger partial charge in [-0.3, -0.25) is 9.59 Å². The summed E-state index contributed by atoms with van der Waals surface area (Å²) >= 11 is 3.24. The van der Waals surface area contributed by atoms with Crippen LogP contribution in [0.5, 0.6) is 5.75 Å². The quantitative estimate of drug-likeness (QED) is 0.550. The Hall–Kier alpha value is -2.77. The number of hydrazone groups is 1. The van der Waals surface area contributed by atoms with Gasteiger partial charge in [-0.15, -0.1) is 22.7 Å². The van der Waals surface area contributed by atoms with Gasteiger partial charge in [-0.1, -0.05) is 24.3 Å². The molecule has 1 amide bonds. The van der Waals surface area contributed by atoms with Crippen molar-refractivity contribution in [2.24, 2.45) is 5.10 Å². The van der Waals surface area contributed by atoms with Gasteiger partial charge < -0.3 is 4.74 Å². The fourth-order valence-electron chi connectivity index (χ4n) is 3.05. The SMILES string of the molecule is CC(=O)c1cccc(OCC(=O)N2N=C(c3cccs3)C[C@H]2c2cccs2)c1. The number of thiophene rings is 2. The Labute approximate surface area is 170 Å². The lowest BCUT2D eigenvalue weighted by Crippen LogP contribution is -2.31. The molecule has 142 valence electrons. The molecule has 0 unspecified atom stereocenters. The van der Waals surface area contributed by atoms with Gasteiger partial charge in [0.2, 0.25) is 0 Å². The van der Waals surface area contributed by atoms with Gasteiger partial charge in [-0.25, -0.2) is 5.01 Å². The molecule has 2 aromatic heterocycles. The van der Waals surface area contributed by atoms with Crippen LogP contribution < -0.4 is 4.74 Å². The number of rotatable bonds is 6. The van der Waals surface area contributed by atoms with E-state index in [-0.39, 0.29) is 24.3 Å². The van der Waals surface area contributed by atoms with Crippen LogP contribution in [-0.4, -0.2) is 29.0 Å². The molecule has 3 aromatic rings. The van der Waals surface area contributed by atoms with E-state index in [1.54, 1.807) is 46.9 Å². The number of ether oxygens (including phenoxy) is 1. The first-order valence-corrected chi connectivity index (χ1v) is 10.6. The van der Waals surface area contributed by atoms with Crippen molar-refractivity contribution >= 4 is 40.1 Å². The molecule has 4 rings (SSSR count). The molecular weight excluding hydrogens is 392 g/mol. The number of carbonyl (C=O) groups is 2. The normalized spacial score (nSPS) is 16.1. The third-order valence-corrected chi connectivity index (χ3v) is 6.34. The Kier molecular flexibility index (Phi) is 5.36. The molecule has 0 saturated carbocycles. The van der Waals surface area contributed by atoms with Gasteiger partial charge in [0.15, 0.2) is 12.4 Å². The third-order valence-electron chi connectivity index (χ3n) is 4.45. The minimum absolute atomic E-state index is 0.0423. The van der Waals surface area contributed by atoms with E-state index in [2.05, 4.69) is 5.10 Å². The van der Waals surface area contributed by atoms with E-state index in [1.165, 1.54) is 11.9 Å². The molecule has 0 fully saturated rings. The molecule has 0 aliphatic carbocycles. The number of nitrogens with zero attached hydrogens (tertiary/aromatic N) is 2. The van der Waals surface area contributed by atoms with E-state index in [0.29, 0.717) is 17.7 Å². The molecule has 1 aliphatic rings. The second-order valence-electron chi connectivity index (χ2n) is 6.37. The molecule has 7 heteroatoms. The van der Waals surface area contributed by atoms with Crippen molar-refractivity contribution < 1.29 is 14.3 Å². The van der Waals surface area contributed by atoms with E-state index in [9.17, 15) is 9.59 Å². The molecule has 3 heterocycles. The number of carbonyl (C=O) groups excluding carboxylic acids is 2. The lowest BCUT2D eigenvalue weighted by atomic mass is 10.1. The smallest absolute Gasteiger partial charge is 0.281 e. The third kappa shape index (κ3) is 3.90. The van der Waals surface area contributed by atoms with Gasteiger partial charge >= 0.3 is 0 Å². The van der Waals surface area contributed by atoms with Gasteiger partial charge in [-0.2, -0.15) is 5.10 Å². The zero-order chi connectivity index (χ0) is 19.5. The van der Waals surface area contributed by atoms with E-state index in [4.69, 9.17) is 4.74 Å². The predicted octanol–water partition coefficient (Wildman–Crippen LogP) is 4.77. The molecule has 0 radical (unpaired) electrons. The van der Waals surface area contributed by atoms with Crippen LogP contribution in [0.3, 0.4) is 0 Å². The highest BCUT2D eigenvalue weighted by Crippen LogP contribution is 2.36. The summed E-state index contributed by atoms with van der Waals surface area (Å²) in [5.41, 5.74) is 1.47. The molecular formula is C21H18N2O3S2. The first kappa shape index (κ1) is 18.6. The monoisotopic (exact) mass is 410 g/mol. The zero-order valence-corrected chi connectivity index (χ0v) is 16.8. The van der Waals surface area contributed by atoms with Crippen molar-refractivity contribution in [1.82, 2.24) is 5.01 Å². The summed E-state index contributed by atoms with van der Waals surface area (Å²) in [4.78, 5) is 26.6. The molecule has 1 aliphatic heterocycles. The van der Waals surface area contributed by atoms with Crippen molar-refractivity contribution in [3.63, 3.8) is 0 Å². The fraction of sp³-hybridized carbons (Fsp3) is 0.190. The average Bonchev–Trinajstić information content (AvgIpc) is 3.46. The molecule has 0 N–H and O–H groups in total. The average molecular weight is 411 g/mol. The highest BCUT2D eigenvalue weighted by Gasteiger charge is 2.34. The highest BCUT2D eigenvalue weighted by atomic mass is 32.1. The number of amides is 1. The van der Waals surface area contributed by atoms with Crippen LogP contribution >= 0.6 is 22.7 Å². The number of Topliss-reactive ketones (excluding diaryl/α,β-unsaturated/α-hetero) is 1. The maximum atomic E-state index is 12.9. The van der Waals surface area contributed by atoms with Crippen LogP contribution in [-0.2, 0) is 4.79 Å². The van der Waals surface area contributed by atoms with Crippen molar-refractivity contribution in [3.8, 4) is 5.75 Å². The van der Waals surface area contributed by atoms with Crippen LogP contribution in [0.4, 0.5) is 0 Å². The predicted molar refractivity (Wildman–Crippen MR) is 111 cm³/mol. The first-order valence-electron chi connectivity index (χ1n) is 8.82. The minimum atomic E-state index is -0.210. The molecule has 0 spiro atoms. The molecule has 1 atom stereocenters. The Balaban J connectivity index is 1.52. The molecule has 28 heavy (non-hydrogen) atoms. The summed E-state index contributed by atoms with van der Waals surface area (Å²) in [6.45, 7) is 1.37. The number of hydrogen-bond donors (Lipinski definition) is 0. The van der Waals surface area contributed by atoms with Crippen LogP contribution in [0.2, 0.25) is 0 Å². The largest absolute Gasteiger partial charge is 0.484 e. The second-order valence-corrected chi connectivity index (χ2v) is 8.30. The van der Waals surface area contributed by atoms with E-state index in [1.807, 2.05) is 35.0 Å². The lowest BCUT2D eigenvalue weighted by molar-refractivity contribution is -0.135. The maximum Gasteiger partial charge on any atom is 0.281 e. The van der Waals surface area contributed by atoms with Gasteiger partial charge in [0.05, 0.1) is 16.6 Å². The molecule has 1 aromatic carbocycles. The number of ketones is 1. The van der Waals surface area contributed by atoms with Crippen LogP contribution in [0.1, 0.15) is 39.5 Å². The van der Waals surface area contributed by atoms with E-state index in [0.717, 1.165) is 15.5 Å². The summed E-state index contributed by atoms with van der Waals surface area (Å²) in [6, 6.07) is 14.8. The van der Waals surface area contributed by atoms with E-state index >= 15 is 0 Å². The summed E-state index contributed by atoms with van der Waals surface area (Å²) in [7, 11) is 0. The Bertz CT molecular complexity index is 1010. The lowest BCUT2D eigenvalue weighted by Gasteiger charge is -2.20. The summed E-state index contributed by atoms with van der Waals surface area (Å²) < 4.78 is 5.66. The Morgan fingerprint density at radius 1 is 1.14 bits per heavy atom. The van der Waals surface area contributed by atoms with Crippen LogP contribution in [0.15, 0.2) is 64.4 Å². The molecule has 0 saturated heterocycles. The maximum absolute atomic E-state index is 12.9. The summed E-state index contributed by atoms with van der Waals surface area (Å²) in [5.74, 6) is 0.243. The Morgan fingerprint density at radius 3 is 2.68 bits per heavy atom. The van der Waals surface area contributed by atoms with Crippen LogP contribution in [0, 0.1) is 0 Å². The zero-order valence-electron chi connectivity index (χ0n) is 15.2. The Morgan fingerprint density at radius 2 is 1.96 bits per heavy atom. The van der Waals surface area contributed by atoms with Gasteiger partial charge in [0, 0.05) is 16.9 Å². The van der Waals surface area contributed by atoms with Crippen molar-refractivity contribution in [3.05, 3.63) is 74.6 Å². The van der Waals surface area contributed by atoms with E-state index < -0.39 is 0 Å². The van der Waals surface area contributed by atoms with Crippen molar-refractivity contribution in [1.29, 1.82) is 0 Å². The minimum Gasteiger partial charge on any atom is -0.484 e. The van der Waals surface area contributed by atoms with Crippen molar-refractivity contribution in [2.75, 3.05) is 6.61 Å². The summed E-state index contributed by atoms with van der Waals surface area (Å²) in [5, 5.41) is 10.2. The van der Waals surface area contributed by atoms with Gasteiger partial charge in [0.25, 0.3) is 5.91 Å². The number of benzene rings is 1. The number of hydrogen-bond acceptors (Lipinski definition) is 6. The first-order chi connectivity index (χ1) is 13.6. The molecule has 0 bridgehead atoms. The second kappa shape index (κ2) is 8.08. The topological polar surface area (TPSA) is 59.0 Å². The van der Waals surface area contributed by atoms with Crippen molar-refractivity contribution in [2.45, 2.75) is 19.4 Å². The van der Waals surface area contributed by atoms with Gasteiger partial charge in [0.1, 0.15) is 5.75 Å². The molecule has 5 nitrogen and oxygen atoms in total. The highest BCUT2D eigenvalue weighted by molar-refractivity contribution is 7.12. The van der Waals surface area contributed by atoms with Crippen LogP contribution in [0.25, 0.3) is 0 Å². The standard InChI is InChI=1S/C21H18N2O3S2/c1-14(24)15-5-2-6-16(11-15)26-13-21(25)23-18(20-8-4-10-28-20)12-17(22-23)19-7-3-9-27-19/h2-11,18H,12-13H2,1H3/t18-/m0/s1. The fourth-order valence-corrected chi connectivity index (χ4v) is 4.58.